The Kier molecular flexibility index (Phi) is 2.32. The minimum atomic E-state index is -0.392. The monoisotopic (exact) mass is 161 g/mol. The number of hydrogen-bond donors (Lipinski definition) is 2. The minimum absolute atomic E-state index is 0.101. The molecule has 3 nitrogen and oxygen atoms in total. The molecule has 4 heteroatoms. The van der Waals surface area contributed by atoms with E-state index < -0.39 is 6.04 Å². The fraction of sp³-hybridized carbons (Fsp3) is 0.333. The lowest BCUT2D eigenvalue weighted by Crippen LogP contribution is -2.13. The summed E-state index contributed by atoms with van der Waals surface area (Å²) >= 11 is 5.46. The van der Waals surface area contributed by atoms with Crippen molar-refractivity contribution in [1.82, 2.24) is 0 Å². The van der Waals surface area contributed by atoms with Crippen molar-refractivity contribution in [3.63, 3.8) is 0 Å². The third kappa shape index (κ3) is 1.50. The summed E-state index contributed by atoms with van der Waals surface area (Å²) in [5.41, 5.74) is 6.15. The van der Waals surface area contributed by atoms with Gasteiger partial charge in [0, 0.05) is 11.6 Å². The van der Waals surface area contributed by atoms with Gasteiger partial charge >= 0.3 is 0 Å². The van der Waals surface area contributed by atoms with Crippen molar-refractivity contribution in [2.24, 2.45) is 5.73 Å². The van der Waals surface area contributed by atoms with Crippen molar-refractivity contribution in [3.05, 3.63) is 23.1 Å². The van der Waals surface area contributed by atoms with E-state index in [-0.39, 0.29) is 6.61 Å². The van der Waals surface area contributed by atoms with E-state index in [0.29, 0.717) is 10.8 Å². The van der Waals surface area contributed by atoms with Crippen LogP contribution in [-0.4, -0.2) is 11.7 Å². The molecule has 0 spiro atoms. The average molecular weight is 162 g/mol. The first kappa shape index (κ1) is 7.60. The van der Waals surface area contributed by atoms with Gasteiger partial charge in [-0.25, -0.2) is 0 Å². The maximum Gasteiger partial charge on any atom is 0.193 e. The molecular formula is C6H8ClNO2. The van der Waals surface area contributed by atoms with Crippen LogP contribution in [0.25, 0.3) is 0 Å². The first-order valence-corrected chi connectivity index (χ1v) is 3.22. The Balaban J connectivity index is 2.74. The number of nitrogens with two attached hydrogens (primary N) is 1. The summed E-state index contributed by atoms with van der Waals surface area (Å²) in [6, 6.07) is 1.19. The summed E-state index contributed by atoms with van der Waals surface area (Å²) in [5, 5.41) is 8.88. The Morgan fingerprint density at radius 1 is 1.80 bits per heavy atom. The predicted octanol–water partition coefficient (Wildman–Crippen LogP) is 0.925. The van der Waals surface area contributed by atoms with E-state index in [4.69, 9.17) is 26.9 Å². The van der Waals surface area contributed by atoms with Crippen LogP contribution >= 0.6 is 11.6 Å². The highest BCUT2D eigenvalue weighted by Gasteiger charge is 2.06. The maximum atomic E-state index is 8.59. The van der Waals surface area contributed by atoms with Gasteiger partial charge in [0.05, 0.1) is 18.9 Å². The van der Waals surface area contributed by atoms with E-state index in [0.717, 1.165) is 0 Å². The molecule has 1 aromatic rings. The molecule has 10 heavy (non-hydrogen) atoms. The standard InChI is InChI=1S/C6H8ClNO2/c7-6-1-4(3-10-6)5(8)2-9/h1,3,5,9H,2,8H2. The molecule has 0 amide bonds. The second-order valence-corrected chi connectivity index (χ2v) is 2.35. The molecule has 0 aliphatic rings. The molecule has 0 saturated carbocycles. The lowest BCUT2D eigenvalue weighted by molar-refractivity contribution is 0.267. The third-order valence-corrected chi connectivity index (χ3v) is 1.41. The van der Waals surface area contributed by atoms with Gasteiger partial charge in [-0.15, -0.1) is 0 Å². The fourth-order valence-electron chi connectivity index (χ4n) is 0.623. The van der Waals surface area contributed by atoms with Crippen molar-refractivity contribution in [2.45, 2.75) is 6.04 Å². The van der Waals surface area contributed by atoms with Crippen LogP contribution in [0.15, 0.2) is 16.7 Å². The molecule has 0 aromatic carbocycles. The molecule has 3 N–H and O–H groups in total. The second-order valence-electron chi connectivity index (χ2n) is 1.97. The second kappa shape index (κ2) is 3.05. The van der Waals surface area contributed by atoms with Gasteiger partial charge in [-0.05, 0) is 11.6 Å². The number of furan rings is 1. The normalized spacial score (nSPS) is 13.5. The van der Waals surface area contributed by atoms with Gasteiger partial charge in [-0.1, -0.05) is 0 Å². The van der Waals surface area contributed by atoms with Crippen molar-refractivity contribution in [1.29, 1.82) is 0 Å². The highest BCUT2D eigenvalue weighted by atomic mass is 35.5. The molecule has 0 bridgehead atoms. The highest BCUT2D eigenvalue weighted by molar-refractivity contribution is 6.28. The van der Waals surface area contributed by atoms with Gasteiger partial charge in [0.25, 0.3) is 0 Å². The number of aliphatic hydroxyl groups is 1. The zero-order valence-electron chi connectivity index (χ0n) is 5.25. The molecule has 1 aromatic heterocycles. The van der Waals surface area contributed by atoms with Crippen LogP contribution in [0.3, 0.4) is 0 Å². The Morgan fingerprint density at radius 3 is 2.90 bits per heavy atom. The van der Waals surface area contributed by atoms with Crippen molar-refractivity contribution in [2.75, 3.05) is 6.61 Å². The lowest BCUT2D eigenvalue weighted by Gasteiger charge is -2.01. The van der Waals surface area contributed by atoms with E-state index in [2.05, 4.69) is 0 Å². The van der Waals surface area contributed by atoms with Gasteiger partial charge in [-0.2, -0.15) is 0 Å². The molecule has 1 heterocycles. The number of rotatable bonds is 2. The quantitative estimate of drug-likeness (QED) is 0.678. The van der Waals surface area contributed by atoms with E-state index in [1.54, 1.807) is 6.07 Å². The van der Waals surface area contributed by atoms with E-state index >= 15 is 0 Å². The van der Waals surface area contributed by atoms with Crippen LogP contribution in [0.4, 0.5) is 0 Å². The maximum absolute atomic E-state index is 8.59. The number of hydrogen-bond acceptors (Lipinski definition) is 3. The molecule has 0 aliphatic carbocycles. The molecule has 0 aliphatic heterocycles. The van der Waals surface area contributed by atoms with Crippen molar-refractivity contribution < 1.29 is 9.52 Å². The summed E-state index contributed by atoms with van der Waals surface area (Å²) in [6.07, 6.45) is 1.43. The topological polar surface area (TPSA) is 59.4 Å². The van der Waals surface area contributed by atoms with Gasteiger partial charge < -0.3 is 15.3 Å². The predicted molar refractivity (Wildman–Crippen MR) is 37.7 cm³/mol. The van der Waals surface area contributed by atoms with Gasteiger partial charge in [-0.3, -0.25) is 0 Å². The van der Waals surface area contributed by atoms with Gasteiger partial charge in [0.2, 0.25) is 0 Å². The molecular weight excluding hydrogens is 154 g/mol. The van der Waals surface area contributed by atoms with Gasteiger partial charge in [0.1, 0.15) is 0 Å². The summed E-state index contributed by atoms with van der Waals surface area (Å²) in [5.74, 6) is 0. The summed E-state index contributed by atoms with van der Waals surface area (Å²) in [7, 11) is 0. The van der Waals surface area contributed by atoms with Crippen LogP contribution in [0.5, 0.6) is 0 Å². The Morgan fingerprint density at radius 2 is 2.50 bits per heavy atom. The molecule has 1 atom stereocenters. The Bertz CT molecular complexity index is 211. The smallest absolute Gasteiger partial charge is 0.193 e. The largest absolute Gasteiger partial charge is 0.453 e. The van der Waals surface area contributed by atoms with Crippen LogP contribution in [-0.2, 0) is 0 Å². The van der Waals surface area contributed by atoms with Crippen LogP contribution < -0.4 is 5.73 Å². The Hall–Kier alpha value is -0.510. The van der Waals surface area contributed by atoms with Gasteiger partial charge in [0.15, 0.2) is 5.22 Å². The summed E-state index contributed by atoms with van der Waals surface area (Å²) in [6.45, 7) is -0.101. The molecule has 0 saturated heterocycles. The molecule has 56 valence electrons. The highest BCUT2D eigenvalue weighted by Crippen LogP contribution is 2.17. The summed E-state index contributed by atoms with van der Waals surface area (Å²) in [4.78, 5) is 0. The molecule has 0 radical (unpaired) electrons. The van der Waals surface area contributed by atoms with E-state index in [1.807, 2.05) is 0 Å². The fourth-order valence-corrected chi connectivity index (χ4v) is 0.794. The molecule has 1 unspecified atom stereocenters. The molecule has 0 fully saturated rings. The van der Waals surface area contributed by atoms with Crippen LogP contribution in [0.2, 0.25) is 5.22 Å². The van der Waals surface area contributed by atoms with Crippen LogP contribution in [0, 0.1) is 0 Å². The zero-order valence-corrected chi connectivity index (χ0v) is 6.01. The minimum Gasteiger partial charge on any atom is -0.453 e. The number of halogens is 1. The van der Waals surface area contributed by atoms with Crippen molar-refractivity contribution >= 4 is 11.6 Å². The lowest BCUT2D eigenvalue weighted by atomic mass is 10.2. The van der Waals surface area contributed by atoms with Crippen LogP contribution in [0.1, 0.15) is 11.6 Å². The third-order valence-electron chi connectivity index (χ3n) is 1.21. The SMILES string of the molecule is NC(CO)c1coc(Cl)c1. The average Bonchev–Trinajstić information content (AvgIpc) is 2.34. The molecule has 1 rings (SSSR count). The summed E-state index contributed by atoms with van der Waals surface area (Å²) < 4.78 is 4.76. The van der Waals surface area contributed by atoms with Crippen molar-refractivity contribution in [3.8, 4) is 0 Å². The van der Waals surface area contributed by atoms with E-state index in [9.17, 15) is 0 Å². The number of aliphatic hydroxyl groups excluding tert-OH is 1. The van der Waals surface area contributed by atoms with E-state index in [1.165, 1.54) is 6.26 Å². The first-order valence-electron chi connectivity index (χ1n) is 2.84. The first-order chi connectivity index (χ1) is 4.74. The zero-order chi connectivity index (χ0) is 7.56. The Labute approximate surface area is 63.4 Å².